The number of H-pyrrole nitrogens is 1. The number of aromatic nitrogens is 3. The Morgan fingerprint density at radius 1 is 1.17 bits per heavy atom. The molecule has 6 nitrogen and oxygen atoms in total. The number of carbonyl (C=O) groups is 1. The number of aliphatic hydroxyl groups excluding tert-OH is 1. The van der Waals surface area contributed by atoms with Crippen LogP contribution in [0.1, 0.15) is 30.1 Å². The smallest absolute Gasteiger partial charge is 0.242 e. The molecule has 1 amide bonds. The monoisotopic (exact) mass is 422 g/mol. The van der Waals surface area contributed by atoms with Gasteiger partial charge < -0.3 is 10.0 Å². The van der Waals surface area contributed by atoms with Crippen LogP contribution in [0.5, 0.6) is 0 Å². The zero-order valence-electron chi connectivity index (χ0n) is 17.0. The lowest BCUT2D eigenvalue weighted by molar-refractivity contribution is -0.133. The Morgan fingerprint density at radius 2 is 1.83 bits per heavy atom. The average Bonchev–Trinajstić information content (AvgIpc) is 3.14. The van der Waals surface area contributed by atoms with Gasteiger partial charge in [0.15, 0.2) is 10.6 Å². The van der Waals surface area contributed by atoms with Gasteiger partial charge in [0.25, 0.3) is 0 Å². The molecule has 2 N–H and O–H groups in total. The Labute approximate surface area is 181 Å². The summed E-state index contributed by atoms with van der Waals surface area (Å²) in [5.74, 6) is 0.854. The fourth-order valence-electron chi connectivity index (χ4n) is 4.01. The highest BCUT2D eigenvalue weighted by Crippen LogP contribution is 2.30. The summed E-state index contributed by atoms with van der Waals surface area (Å²) in [5, 5.41) is 17.8. The van der Waals surface area contributed by atoms with E-state index in [0.717, 1.165) is 29.5 Å². The number of piperidine rings is 1. The minimum atomic E-state index is -0.487. The largest absolute Gasteiger partial charge is 0.388 e. The molecule has 0 unspecified atom stereocenters. The van der Waals surface area contributed by atoms with Gasteiger partial charge in [0.2, 0.25) is 5.91 Å². The van der Waals surface area contributed by atoms with Crippen LogP contribution in [0.15, 0.2) is 54.6 Å². The van der Waals surface area contributed by atoms with E-state index in [1.165, 1.54) is 0 Å². The fourth-order valence-corrected chi connectivity index (χ4v) is 4.21. The standard InChI is InChI=1S/C23H26N4O2S/c1-16-7-9-19(10-8-16)22-24-25-23(30)27(22)15-20(28)26-13-11-18(12-14-26)21(29)17-5-3-2-4-6-17/h2-10,18,21,29H,11-15H2,1H3,(H,25,30)/t21-/m1/s1. The van der Waals surface area contributed by atoms with Crippen molar-refractivity contribution in [2.45, 2.75) is 32.4 Å². The summed E-state index contributed by atoms with van der Waals surface area (Å²) in [5.41, 5.74) is 3.02. The Morgan fingerprint density at radius 3 is 2.50 bits per heavy atom. The van der Waals surface area contributed by atoms with E-state index in [1.54, 1.807) is 4.57 Å². The molecule has 7 heteroatoms. The van der Waals surface area contributed by atoms with Crippen LogP contribution < -0.4 is 0 Å². The molecule has 0 aliphatic carbocycles. The van der Waals surface area contributed by atoms with E-state index in [9.17, 15) is 9.90 Å². The molecule has 1 fully saturated rings. The molecule has 1 aliphatic rings. The lowest BCUT2D eigenvalue weighted by Gasteiger charge is -2.34. The quantitative estimate of drug-likeness (QED) is 0.612. The van der Waals surface area contributed by atoms with Gasteiger partial charge in [-0.2, -0.15) is 5.10 Å². The molecule has 4 rings (SSSR count). The van der Waals surface area contributed by atoms with Gasteiger partial charge in [-0.05, 0) is 43.5 Å². The number of nitrogens with one attached hydrogen (secondary N) is 1. The summed E-state index contributed by atoms with van der Waals surface area (Å²) in [4.78, 5) is 14.8. The molecule has 0 spiro atoms. The summed E-state index contributed by atoms with van der Waals surface area (Å²) in [7, 11) is 0. The second kappa shape index (κ2) is 8.93. The van der Waals surface area contributed by atoms with Gasteiger partial charge in [0.1, 0.15) is 6.54 Å². The van der Waals surface area contributed by atoms with Crippen molar-refractivity contribution in [1.82, 2.24) is 19.7 Å². The number of amides is 1. The predicted octanol–water partition coefficient (Wildman–Crippen LogP) is 3.89. The van der Waals surface area contributed by atoms with Crippen molar-refractivity contribution in [3.63, 3.8) is 0 Å². The Kier molecular flexibility index (Phi) is 6.11. The van der Waals surface area contributed by atoms with Crippen molar-refractivity contribution in [2.24, 2.45) is 5.92 Å². The Hall–Kier alpha value is -2.77. The molecule has 1 saturated heterocycles. The van der Waals surface area contributed by atoms with Crippen LogP contribution in [0.25, 0.3) is 11.4 Å². The summed E-state index contributed by atoms with van der Waals surface area (Å²) in [6.07, 6.45) is 1.08. The number of benzene rings is 2. The van der Waals surface area contributed by atoms with Gasteiger partial charge >= 0.3 is 0 Å². The normalized spacial score (nSPS) is 15.9. The molecule has 1 atom stereocenters. The number of aryl methyl sites for hydroxylation is 1. The Bertz CT molecular complexity index is 1050. The van der Waals surface area contributed by atoms with E-state index < -0.39 is 6.10 Å². The van der Waals surface area contributed by atoms with E-state index in [0.29, 0.717) is 23.7 Å². The molecule has 2 aromatic carbocycles. The maximum absolute atomic E-state index is 13.0. The van der Waals surface area contributed by atoms with Crippen molar-refractivity contribution >= 4 is 18.1 Å². The van der Waals surface area contributed by atoms with Crippen LogP contribution in [0.3, 0.4) is 0 Å². The van der Waals surface area contributed by atoms with E-state index in [1.807, 2.05) is 66.4 Å². The minimum absolute atomic E-state index is 0.0218. The van der Waals surface area contributed by atoms with Crippen LogP contribution in [-0.2, 0) is 11.3 Å². The predicted molar refractivity (Wildman–Crippen MR) is 118 cm³/mol. The van der Waals surface area contributed by atoms with Crippen LogP contribution in [0.2, 0.25) is 0 Å². The number of carbonyl (C=O) groups excluding carboxylic acids is 1. The first-order valence-electron chi connectivity index (χ1n) is 10.3. The lowest BCUT2D eigenvalue weighted by Crippen LogP contribution is -2.41. The highest BCUT2D eigenvalue weighted by Gasteiger charge is 2.28. The minimum Gasteiger partial charge on any atom is -0.388 e. The van der Waals surface area contributed by atoms with Crippen LogP contribution in [0.4, 0.5) is 0 Å². The summed E-state index contributed by atoms with van der Waals surface area (Å²) in [6, 6.07) is 17.7. The molecule has 3 aromatic rings. The molecule has 0 bridgehead atoms. The van der Waals surface area contributed by atoms with Crippen molar-refractivity contribution < 1.29 is 9.90 Å². The molecular weight excluding hydrogens is 396 g/mol. The van der Waals surface area contributed by atoms with Crippen LogP contribution >= 0.6 is 12.2 Å². The van der Waals surface area contributed by atoms with Crippen molar-refractivity contribution in [1.29, 1.82) is 0 Å². The van der Waals surface area contributed by atoms with E-state index in [4.69, 9.17) is 12.2 Å². The Balaban J connectivity index is 1.41. The van der Waals surface area contributed by atoms with E-state index in [2.05, 4.69) is 10.2 Å². The number of rotatable bonds is 5. The third kappa shape index (κ3) is 4.37. The van der Waals surface area contributed by atoms with Gasteiger partial charge in [-0.1, -0.05) is 60.2 Å². The topological polar surface area (TPSA) is 74.2 Å². The van der Waals surface area contributed by atoms with Gasteiger partial charge in [-0.15, -0.1) is 0 Å². The number of aliphatic hydroxyl groups is 1. The molecule has 2 heterocycles. The molecule has 156 valence electrons. The third-order valence-electron chi connectivity index (χ3n) is 5.84. The van der Waals surface area contributed by atoms with Gasteiger partial charge in [0.05, 0.1) is 6.10 Å². The highest BCUT2D eigenvalue weighted by molar-refractivity contribution is 7.71. The number of hydrogen-bond acceptors (Lipinski definition) is 4. The molecule has 0 saturated carbocycles. The van der Waals surface area contributed by atoms with Gasteiger partial charge in [0, 0.05) is 18.7 Å². The van der Waals surface area contributed by atoms with E-state index >= 15 is 0 Å². The first-order chi connectivity index (χ1) is 14.5. The van der Waals surface area contributed by atoms with Crippen LogP contribution in [0, 0.1) is 17.6 Å². The molecule has 30 heavy (non-hydrogen) atoms. The molecular formula is C23H26N4O2S. The maximum Gasteiger partial charge on any atom is 0.242 e. The SMILES string of the molecule is Cc1ccc(-c2n[nH]c(=S)n2CC(=O)N2CCC([C@H](O)c3ccccc3)CC2)cc1. The first kappa shape index (κ1) is 20.5. The zero-order chi connectivity index (χ0) is 21.1. The number of nitrogens with zero attached hydrogens (tertiary/aromatic N) is 3. The zero-order valence-corrected chi connectivity index (χ0v) is 17.8. The highest BCUT2D eigenvalue weighted by atomic mass is 32.1. The second-order valence-corrected chi connectivity index (χ2v) is 8.26. The van der Waals surface area contributed by atoms with Crippen molar-refractivity contribution in [3.05, 3.63) is 70.5 Å². The summed E-state index contributed by atoms with van der Waals surface area (Å²) >= 11 is 5.37. The molecule has 1 aliphatic heterocycles. The summed E-state index contributed by atoms with van der Waals surface area (Å²) in [6.45, 7) is 3.46. The van der Waals surface area contributed by atoms with Crippen molar-refractivity contribution in [3.8, 4) is 11.4 Å². The average molecular weight is 423 g/mol. The lowest BCUT2D eigenvalue weighted by atomic mass is 9.87. The first-order valence-corrected chi connectivity index (χ1v) is 10.7. The molecule has 0 radical (unpaired) electrons. The van der Waals surface area contributed by atoms with Crippen LogP contribution in [-0.4, -0.2) is 43.8 Å². The second-order valence-electron chi connectivity index (χ2n) is 7.88. The maximum atomic E-state index is 13.0. The molecule has 1 aromatic heterocycles. The number of aromatic amines is 1. The van der Waals surface area contributed by atoms with Gasteiger partial charge in [-0.3, -0.25) is 14.5 Å². The third-order valence-corrected chi connectivity index (χ3v) is 6.15. The van der Waals surface area contributed by atoms with Crippen molar-refractivity contribution in [2.75, 3.05) is 13.1 Å². The number of hydrogen-bond donors (Lipinski definition) is 2. The number of likely N-dealkylation sites (tertiary alicyclic amines) is 1. The van der Waals surface area contributed by atoms with Gasteiger partial charge in [-0.25, -0.2) is 0 Å². The van der Waals surface area contributed by atoms with E-state index in [-0.39, 0.29) is 18.4 Å². The summed E-state index contributed by atoms with van der Waals surface area (Å²) < 4.78 is 2.20. The fraction of sp³-hybridized carbons (Fsp3) is 0.348.